The summed E-state index contributed by atoms with van der Waals surface area (Å²) in [6.45, 7) is 0. The Bertz CT molecular complexity index is 228. The van der Waals surface area contributed by atoms with E-state index in [1.165, 1.54) is 12.8 Å². The van der Waals surface area contributed by atoms with E-state index in [1.807, 2.05) is 0 Å². The number of rotatable bonds is 2. The molecule has 16 heavy (non-hydrogen) atoms. The molecule has 0 amide bonds. The van der Waals surface area contributed by atoms with Crippen LogP contribution in [0.2, 0.25) is 0 Å². The molecule has 0 atom stereocenters. The SMILES string of the molecule is C[N+](C)(C)C1CCC(N=C(N)NN)CC1.[Cl-]. The monoisotopic (exact) mass is 249 g/mol. The molecule has 0 aromatic rings. The highest BCUT2D eigenvalue weighted by Crippen LogP contribution is 2.26. The molecule has 0 heterocycles. The van der Waals surface area contributed by atoms with Crippen LogP contribution in [0.25, 0.3) is 0 Å². The van der Waals surface area contributed by atoms with Crippen molar-refractivity contribution in [3.8, 4) is 0 Å². The van der Waals surface area contributed by atoms with Crippen LogP contribution >= 0.6 is 0 Å². The number of guanidine groups is 1. The number of nitrogens with one attached hydrogen (secondary N) is 1. The fourth-order valence-electron chi connectivity index (χ4n) is 2.20. The van der Waals surface area contributed by atoms with Crippen molar-refractivity contribution in [1.29, 1.82) is 0 Å². The van der Waals surface area contributed by atoms with Gasteiger partial charge < -0.3 is 22.6 Å². The van der Waals surface area contributed by atoms with Crippen molar-refractivity contribution in [3.05, 3.63) is 0 Å². The van der Waals surface area contributed by atoms with Crippen molar-refractivity contribution < 1.29 is 16.9 Å². The summed E-state index contributed by atoms with van der Waals surface area (Å²) in [6.07, 6.45) is 4.66. The van der Waals surface area contributed by atoms with Crippen LogP contribution in [0.5, 0.6) is 0 Å². The summed E-state index contributed by atoms with van der Waals surface area (Å²) < 4.78 is 1.04. The molecule has 0 aromatic heterocycles. The number of hydrogen-bond acceptors (Lipinski definition) is 2. The number of nitrogens with two attached hydrogens (primary N) is 2. The van der Waals surface area contributed by atoms with Crippen LogP contribution < -0.4 is 29.4 Å². The highest BCUT2D eigenvalue weighted by atomic mass is 35.5. The average molecular weight is 250 g/mol. The molecule has 6 heteroatoms. The summed E-state index contributed by atoms with van der Waals surface area (Å²) in [6, 6.07) is 1.10. The van der Waals surface area contributed by atoms with Gasteiger partial charge in [-0.1, -0.05) is 0 Å². The van der Waals surface area contributed by atoms with Gasteiger partial charge in [0.15, 0.2) is 0 Å². The number of halogens is 1. The third-order valence-electron chi connectivity index (χ3n) is 3.23. The highest BCUT2D eigenvalue weighted by molar-refractivity contribution is 5.77. The average Bonchev–Trinajstić information content (AvgIpc) is 2.17. The van der Waals surface area contributed by atoms with Crippen LogP contribution in [0.4, 0.5) is 0 Å². The minimum atomic E-state index is 0. The van der Waals surface area contributed by atoms with Crippen LogP contribution in [-0.2, 0) is 0 Å². The van der Waals surface area contributed by atoms with Gasteiger partial charge in [0.05, 0.1) is 33.2 Å². The van der Waals surface area contributed by atoms with Crippen molar-refractivity contribution in [2.24, 2.45) is 16.6 Å². The molecule has 0 bridgehead atoms. The van der Waals surface area contributed by atoms with Gasteiger partial charge in [0.25, 0.3) is 0 Å². The molecule has 1 aliphatic carbocycles. The Kier molecular flexibility index (Phi) is 6.07. The van der Waals surface area contributed by atoms with Crippen LogP contribution in [-0.4, -0.2) is 43.7 Å². The highest BCUT2D eigenvalue weighted by Gasteiger charge is 2.29. The normalized spacial score (nSPS) is 27.1. The maximum atomic E-state index is 5.53. The maximum absolute atomic E-state index is 5.53. The van der Waals surface area contributed by atoms with Gasteiger partial charge in [-0.25, -0.2) is 10.8 Å². The Morgan fingerprint density at radius 2 is 1.69 bits per heavy atom. The first kappa shape index (κ1) is 15.5. The van der Waals surface area contributed by atoms with Gasteiger partial charge in [-0.15, -0.1) is 0 Å². The summed E-state index contributed by atoms with van der Waals surface area (Å²) in [5.41, 5.74) is 7.91. The van der Waals surface area contributed by atoms with Crippen LogP contribution in [0, 0.1) is 0 Å². The van der Waals surface area contributed by atoms with E-state index in [0.29, 0.717) is 12.0 Å². The van der Waals surface area contributed by atoms with E-state index in [2.05, 4.69) is 31.6 Å². The summed E-state index contributed by atoms with van der Waals surface area (Å²) >= 11 is 0. The minimum Gasteiger partial charge on any atom is -1.00 e. The Labute approximate surface area is 104 Å². The molecular formula is C10H24ClN5. The number of quaternary nitrogens is 1. The van der Waals surface area contributed by atoms with Crippen molar-refractivity contribution in [2.45, 2.75) is 37.8 Å². The van der Waals surface area contributed by atoms with Gasteiger partial charge in [-0.05, 0) is 12.8 Å². The zero-order valence-corrected chi connectivity index (χ0v) is 11.2. The first-order chi connectivity index (χ1) is 6.93. The first-order valence-corrected chi connectivity index (χ1v) is 5.54. The fraction of sp³-hybridized carbons (Fsp3) is 0.900. The first-order valence-electron chi connectivity index (χ1n) is 5.54. The molecule has 1 fully saturated rings. The second kappa shape index (κ2) is 6.27. The third-order valence-corrected chi connectivity index (χ3v) is 3.23. The van der Waals surface area contributed by atoms with E-state index in [1.54, 1.807) is 0 Å². The molecular weight excluding hydrogens is 226 g/mol. The van der Waals surface area contributed by atoms with Crippen molar-refractivity contribution in [2.75, 3.05) is 21.1 Å². The number of nitrogens with zero attached hydrogens (tertiary/aromatic N) is 2. The summed E-state index contributed by atoms with van der Waals surface area (Å²) in [5.74, 6) is 5.53. The number of hydrazine groups is 1. The Hall–Kier alpha value is -0.520. The van der Waals surface area contributed by atoms with Gasteiger partial charge in [-0.2, -0.15) is 0 Å². The second-order valence-electron chi connectivity index (χ2n) is 5.24. The molecule has 0 saturated heterocycles. The van der Waals surface area contributed by atoms with Crippen LogP contribution in [0.1, 0.15) is 25.7 Å². The standard InChI is InChI=1S/C10H24N5.ClH/c1-15(2,3)9-6-4-8(5-7-9)13-10(11)14-12;/h8-9H,4-7,12H2,1-3H3,(H3,11,13,14);1H/q+1;/p-1. The van der Waals surface area contributed by atoms with Gasteiger partial charge in [0, 0.05) is 12.8 Å². The molecule has 1 saturated carbocycles. The molecule has 0 radical (unpaired) electrons. The molecule has 1 aliphatic rings. The zero-order chi connectivity index (χ0) is 11.5. The lowest BCUT2D eigenvalue weighted by Gasteiger charge is -2.38. The van der Waals surface area contributed by atoms with Crippen LogP contribution in [0.3, 0.4) is 0 Å². The van der Waals surface area contributed by atoms with Crippen molar-refractivity contribution >= 4 is 5.96 Å². The van der Waals surface area contributed by atoms with E-state index in [-0.39, 0.29) is 12.4 Å². The summed E-state index contributed by atoms with van der Waals surface area (Å²) in [4.78, 5) is 4.32. The summed E-state index contributed by atoms with van der Waals surface area (Å²) in [5, 5.41) is 0. The van der Waals surface area contributed by atoms with Gasteiger partial charge >= 0.3 is 0 Å². The minimum absolute atomic E-state index is 0. The topological polar surface area (TPSA) is 76.4 Å². The molecule has 5 nitrogen and oxygen atoms in total. The van der Waals surface area contributed by atoms with Crippen LogP contribution in [0.15, 0.2) is 4.99 Å². The number of aliphatic imine (C=N–C) groups is 1. The Morgan fingerprint density at radius 3 is 2.06 bits per heavy atom. The molecule has 0 aromatic carbocycles. The maximum Gasteiger partial charge on any atom is 0.203 e. The van der Waals surface area contributed by atoms with Gasteiger partial charge in [0.1, 0.15) is 0 Å². The van der Waals surface area contributed by atoms with E-state index < -0.39 is 0 Å². The van der Waals surface area contributed by atoms with Crippen molar-refractivity contribution in [1.82, 2.24) is 5.43 Å². The lowest BCUT2D eigenvalue weighted by atomic mass is 9.90. The predicted octanol–water partition coefficient (Wildman–Crippen LogP) is -3.21. The molecule has 0 aliphatic heterocycles. The molecule has 5 N–H and O–H groups in total. The van der Waals surface area contributed by atoms with E-state index in [0.717, 1.165) is 23.4 Å². The van der Waals surface area contributed by atoms with E-state index in [9.17, 15) is 0 Å². The number of hydrogen-bond donors (Lipinski definition) is 3. The lowest BCUT2D eigenvalue weighted by Crippen LogP contribution is -3.00. The smallest absolute Gasteiger partial charge is 0.203 e. The quantitative estimate of drug-likeness (QED) is 0.159. The van der Waals surface area contributed by atoms with E-state index in [4.69, 9.17) is 11.6 Å². The lowest BCUT2D eigenvalue weighted by molar-refractivity contribution is -0.897. The largest absolute Gasteiger partial charge is 1.00 e. The Balaban J connectivity index is 0.00000225. The van der Waals surface area contributed by atoms with E-state index >= 15 is 0 Å². The molecule has 0 unspecified atom stereocenters. The fourth-order valence-corrected chi connectivity index (χ4v) is 2.20. The summed E-state index contributed by atoms with van der Waals surface area (Å²) in [7, 11) is 6.76. The van der Waals surface area contributed by atoms with Gasteiger partial charge in [0.2, 0.25) is 5.96 Å². The molecule has 1 rings (SSSR count). The zero-order valence-electron chi connectivity index (χ0n) is 10.4. The third kappa shape index (κ3) is 4.55. The predicted molar refractivity (Wildman–Crippen MR) is 63.0 cm³/mol. The van der Waals surface area contributed by atoms with Gasteiger partial charge in [-0.3, -0.25) is 5.43 Å². The second-order valence-corrected chi connectivity index (χ2v) is 5.24. The molecule has 0 spiro atoms. The Morgan fingerprint density at radius 1 is 1.19 bits per heavy atom. The molecule has 96 valence electrons. The van der Waals surface area contributed by atoms with Crippen molar-refractivity contribution in [3.63, 3.8) is 0 Å².